The lowest BCUT2D eigenvalue weighted by Crippen LogP contribution is -2.68. The van der Waals surface area contributed by atoms with Crippen LogP contribution in [0, 0.1) is 0 Å². The topological polar surface area (TPSA) is 244 Å². The zero-order valence-corrected chi connectivity index (χ0v) is 18.5. The van der Waals surface area contributed by atoms with E-state index < -0.39 is 45.8 Å². The zero-order valence-electron chi connectivity index (χ0n) is 17.8. The third-order valence-electron chi connectivity index (χ3n) is 6.14. The minimum absolute atomic E-state index is 0.121. The Labute approximate surface area is 200 Å². The molecule has 0 spiro atoms. The predicted molar refractivity (Wildman–Crippen MR) is 113 cm³/mol. The van der Waals surface area contributed by atoms with Gasteiger partial charge in [0.2, 0.25) is 0 Å². The Morgan fingerprint density at radius 2 is 1.31 bits per heavy atom. The summed E-state index contributed by atoms with van der Waals surface area (Å²) in [5.74, 6) is -21.3. The Morgan fingerprint density at radius 1 is 0.771 bits per heavy atom. The van der Waals surface area contributed by atoms with Gasteiger partial charge in [-0.05, 0) is 31.2 Å². The molecule has 1 unspecified atom stereocenters. The molecule has 1 fully saturated rings. The number of para-hydroxylation sites is 2. The van der Waals surface area contributed by atoms with Gasteiger partial charge in [-0.15, -0.1) is 4.90 Å². The van der Waals surface area contributed by atoms with Crippen molar-refractivity contribution in [2.45, 2.75) is 42.0 Å². The standard InChI is InChI=1S/C20H22ClN3O11/c1-15(25)18(30,31)20(34,35)24(19(15,32)33)17(28,29)14-22-12-4-2-3-5-13(12)23(14)16(26,27)10-6-8-11(21)9-7-10/h2-9,25-35H,1H3. The molecule has 11 N–H and O–H groups in total. The van der Waals surface area contributed by atoms with Crippen LogP contribution in [0.2, 0.25) is 5.02 Å². The van der Waals surface area contributed by atoms with Crippen molar-refractivity contribution in [3.05, 3.63) is 64.9 Å². The molecule has 15 heteroatoms. The highest BCUT2D eigenvalue weighted by molar-refractivity contribution is 6.30. The number of rotatable bonds is 4. The summed E-state index contributed by atoms with van der Waals surface area (Å²) in [6.07, 6.45) is 0. The molecule has 35 heavy (non-hydrogen) atoms. The third-order valence-corrected chi connectivity index (χ3v) is 6.39. The van der Waals surface area contributed by atoms with Gasteiger partial charge in [-0.1, -0.05) is 35.9 Å². The lowest BCUT2D eigenvalue weighted by atomic mass is 9.94. The number of aromatic nitrogens is 2. The maximum atomic E-state index is 11.1. The highest BCUT2D eigenvalue weighted by Gasteiger charge is 2.85. The molecule has 0 radical (unpaired) electrons. The minimum Gasteiger partial charge on any atom is -0.378 e. The number of hydrogen-bond acceptors (Lipinski definition) is 13. The summed E-state index contributed by atoms with van der Waals surface area (Å²) in [6.45, 7) is 0.351. The van der Waals surface area contributed by atoms with E-state index in [1.165, 1.54) is 36.4 Å². The Hall–Kier alpha value is -2.28. The van der Waals surface area contributed by atoms with E-state index in [0.29, 0.717) is 11.5 Å². The van der Waals surface area contributed by atoms with Crippen molar-refractivity contribution in [3.63, 3.8) is 0 Å². The molecule has 1 aliphatic heterocycles. The van der Waals surface area contributed by atoms with Crippen molar-refractivity contribution in [2.75, 3.05) is 0 Å². The number of hydrogen-bond donors (Lipinski definition) is 11. The molecule has 2 aromatic carbocycles. The van der Waals surface area contributed by atoms with E-state index in [-0.39, 0.29) is 21.6 Å². The van der Waals surface area contributed by atoms with Crippen molar-refractivity contribution in [3.8, 4) is 0 Å². The molecular weight excluding hydrogens is 494 g/mol. The normalized spacial score (nSPS) is 24.3. The van der Waals surface area contributed by atoms with Gasteiger partial charge >= 0.3 is 0 Å². The van der Waals surface area contributed by atoms with Gasteiger partial charge in [0, 0.05) is 10.6 Å². The first-order valence-corrected chi connectivity index (χ1v) is 10.2. The van der Waals surface area contributed by atoms with E-state index >= 15 is 0 Å². The highest BCUT2D eigenvalue weighted by Crippen LogP contribution is 2.53. The quantitative estimate of drug-likeness (QED) is 0.151. The van der Waals surface area contributed by atoms with E-state index in [1.807, 2.05) is 0 Å². The second-order valence-corrected chi connectivity index (χ2v) is 8.82. The van der Waals surface area contributed by atoms with E-state index in [2.05, 4.69) is 4.98 Å². The molecule has 0 aliphatic carbocycles. The average Bonchev–Trinajstić information content (AvgIpc) is 3.17. The van der Waals surface area contributed by atoms with Crippen LogP contribution in [-0.4, -0.2) is 93.8 Å². The SMILES string of the molecule is CC1(O)C(O)(O)N(C(O)(O)c2nc3ccccc3n2C(O)(O)c2ccc(Cl)cc2)C(O)(O)C1(O)O. The summed E-state index contributed by atoms with van der Waals surface area (Å²) in [7, 11) is 0. The van der Waals surface area contributed by atoms with E-state index in [9.17, 15) is 56.2 Å². The summed E-state index contributed by atoms with van der Waals surface area (Å²) >= 11 is 5.84. The van der Waals surface area contributed by atoms with Gasteiger partial charge in [0.15, 0.2) is 11.4 Å². The molecule has 190 valence electrons. The molecule has 14 nitrogen and oxygen atoms in total. The monoisotopic (exact) mass is 515 g/mol. The summed E-state index contributed by atoms with van der Waals surface area (Å²) in [4.78, 5) is 2.96. The fraction of sp³-hybridized carbons (Fsp3) is 0.350. The molecule has 4 rings (SSSR count). The van der Waals surface area contributed by atoms with Gasteiger partial charge in [0.05, 0.1) is 11.0 Å². The number of benzene rings is 2. The lowest BCUT2D eigenvalue weighted by Gasteiger charge is -2.43. The Bertz CT molecular complexity index is 1260. The molecule has 0 saturated carbocycles. The van der Waals surface area contributed by atoms with Crippen LogP contribution >= 0.6 is 11.6 Å². The van der Waals surface area contributed by atoms with Gasteiger partial charge < -0.3 is 56.2 Å². The first kappa shape index (κ1) is 25.8. The number of nitrogens with zero attached hydrogens (tertiary/aromatic N) is 3. The maximum absolute atomic E-state index is 11.1. The van der Waals surface area contributed by atoms with Crippen molar-refractivity contribution < 1.29 is 56.2 Å². The van der Waals surface area contributed by atoms with Gasteiger partial charge in [-0.2, -0.15) is 0 Å². The molecule has 1 saturated heterocycles. The molecule has 0 amide bonds. The van der Waals surface area contributed by atoms with Crippen LogP contribution in [0.5, 0.6) is 0 Å². The fourth-order valence-corrected chi connectivity index (χ4v) is 4.18. The summed E-state index contributed by atoms with van der Waals surface area (Å²) in [5, 5.41) is 117. The van der Waals surface area contributed by atoms with Crippen molar-refractivity contribution in [1.29, 1.82) is 0 Å². The zero-order chi connectivity index (χ0) is 26.4. The van der Waals surface area contributed by atoms with Crippen LogP contribution in [0.4, 0.5) is 0 Å². The maximum Gasteiger partial charge on any atom is 0.296 e. The molecule has 0 bridgehead atoms. The van der Waals surface area contributed by atoms with Gasteiger partial charge in [-0.25, -0.2) is 4.98 Å². The van der Waals surface area contributed by atoms with Crippen LogP contribution < -0.4 is 0 Å². The lowest BCUT2D eigenvalue weighted by molar-refractivity contribution is -0.482. The van der Waals surface area contributed by atoms with E-state index in [0.717, 1.165) is 12.1 Å². The predicted octanol–water partition coefficient (Wildman–Crippen LogP) is -3.55. The van der Waals surface area contributed by atoms with Crippen LogP contribution in [0.1, 0.15) is 18.3 Å². The summed E-state index contributed by atoms with van der Waals surface area (Å²) in [5.41, 5.74) is -4.25. The van der Waals surface area contributed by atoms with Crippen LogP contribution in [0.3, 0.4) is 0 Å². The van der Waals surface area contributed by atoms with Gasteiger partial charge in [0.25, 0.3) is 29.4 Å². The minimum atomic E-state index is -4.37. The number of fused-ring (bicyclic) bond motifs is 1. The largest absolute Gasteiger partial charge is 0.378 e. The second kappa shape index (κ2) is 7.37. The number of aliphatic hydroxyl groups is 11. The first-order chi connectivity index (χ1) is 15.8. The molecule has 1 atom stereocenters. The molecular formula is C20H22ClN3O11. The van der Waals surface area contributed by atoms with Crippen LogP contribution in [0.15, 0.2) is 48.5 Å². The second-order valence-electron chi connectivity index (χ2n) is 8.39. The molecule has 3 aromatic rings. The Balaban J connectivity index is 2.03. The van der Waals surface area contributed by atoms with Crippen LogP contribution in [-0.2, 0) is 11.8 Å². The number of imidazole rings is 1. The van der Waals surface area contributed by atoms with Crippen molar-refractivity contribution >= 4 is 22.6 Å². The molecule has 1 aromatic heterocycles. The molecule has 2 heterocycles. The van der Waals surface area contributed by atoms with E-state index in [1.54, 1.807) is 0 Å². The van der Waals surface area contributed by atoms with Crippen molar-refractivity contribution in [2.24, 2.45) is 0 Å². The van der Waals surface area contributed by atoms with E-state index in [4.69, 9.17) is 11.6 Å². The fourth-order valence-electron chi connectivity index (χ4n) is 4.06. The molecule has 1 aliphatic rings. The Morgan fingerprint density at radius 3 is 1.83 bits per heavy atom. The van der Waals surface area contributed by atoms with Crippen molar-refractivity contribution in [1.82, 2.24) is 14.5 Å². The third kappa shape index (κ3) is 3.19. The number of halogens is 1. The van der Waals surface area contributed by atoms with Gasteiger partial charge in [-0.3, -0.25) is 4.57 Å². The Kier molecular flexibility index (Phi) is 5.44. The average molecular weight is 516 g/mol. The van der Waals surface area contributed by atoms with Crippen LogP contribution in [0.25, 0.3) is 11.0 Å². The first-order valence-electron chi connectivity index (χ1n) is 9.84. The highest BCUT2D eigenvalue weighted by atomic mass is 35.5. The number of likely N-dealkylation sites (tertiary alicyclic amines) is 1. The summed E-state index contributed by atoms with van der Waals surface area (Å²) < 4.78 is 0.390. The van der Waals surface area contributed by atoms with Gasteiger partial charge in [0.1, 0.15) is 0 Å². The smallest absolute Gasteiger partial charge is 0.296 e. The summed E-state index contributed by atoms with van der Waals surface area (Å²) in [6, 6.07) is 10.3.